The van der Waals surface area contributed by atoms with Crippen LogP contribution in [0.2, 0.25) is 5.02 Å². The molecule has 1 N–H and O–H groups in total. The van der Waals surface area contributed by atoms with Crippen molar-refractivity contribution in [3.63, 3.8) is 0 Å². The highest BCUT2D eigenvalue weighted by Gasteiger charge is 2.48. The lowest BCUT2D eigenvalue weighted by atomic mass is 9.95. The summed E-state index contributed by atoms with van der Waals surface area (Å²) in [5.74, 6) is -2.53. The summed E-state index contributed by atoms with van der Waals surface area (Å²) in [7, 11) is 0. The summed E-state index contributed by atoms with van der Waals surface area (Å²) in [6.07, 6.45) is 0. The van der Waals surface area contributed by atoms with Gasteiger partial charge in [-0.3, -0.25) is 14.5 Å². The molecule has 1 aliphatic rings. The fraction of sp³-hybridized carbons (Fsp3) is 0.0800. The molecule has 0 radical (unpaired) electrons. The summed E-state index contributed by atoms with van der Waals surface area (Å²) in [4.78, 5) is 32.3. The summed E-state index contributed by atoms with van der Waals surface area (Å²) < 4.78 is 14.3. The second kappa shape index (κ2) is 8.10. The van der Waals surface area contributed by atoms with E-state index in [4.69, 9.17) is 11.6 Å². The SMILES string of the molecule is Cc1ccc2nc(N3C(=O)C(=O)/C(=C(/O)c4ccc(F)cc4)C3c3cccc(Cl)c3)sc2c1. The molecule has 5 rings (SSSR count). The topological polar surface area (TPSA) is 70.5 Å². The molecule has 8 heteroatoms. The minimum Gasteiger partial charge on any atom is -0.507 e. The molecule has 5 nitrogen and oxygen atoms in total. The Kier molecular flexibility index (Phi) is 5.23. The smallest absolute Gasteiger partial charge is 0.301 e. The molecule has 0 aliphatic carbocycles. The van der Waals surface area contributed by atoms with E-state index in [0.717, 1.165) is 10.3 Å². The summed E-state index contributed by atoms with van der Waals surface area (Å²) in [5.41, 5.74) is 2.40. The summed E-state index contributed by atoms with van der Waals surface area (Å²) >= 11 is 7.50. The Morgan fingerprint density at radius 2 is 1.85 bits per heavy atom. The molecule has 33 heavy (non-hydrogen) atoms. The predicted molar refractivity (Wildman–Crippen MR) is 127 cm³/mol. The molecule has 1 fully saturated rings. The first kappa shape index (κ1) is 21.3. The minimum absolute atomic E-state index is 0.107. The standard InChI is InChI=1S/C25H16ClFN2O3S/c1-13-5-10-18-19(11-13)33-25(28-18)29-21(15-3-2-4-16(26)12-15)20(23(31)24(29)32)22(30)14-6-8-17(27)9-7-14/h2-12,21,30H,1H3/b22-20+. The molecule has 3 aromatic carbocycles. The molecule has 164 valence electrons. The fourth-order valence-corrected chi connectivity index (χ4v) is 5.20. The molecule has 0 saturated carbocycles. The van der Waals surface area contributed by atoms with E-state index in [1.54, 1.807) is 24.3 Å². The van der Waals surface area contributed by atoms with E-state index in [1.165, 1.54) is 40.5 Å². The van der Waals surface area contributed by atoms with Crippen LogP contribution in [0, 0.1) is 12.7 Å². The maximum atomic E-state index is 13.4. The van der Waals surface area contributed by atoms with Gasteiger partial charge in [0.2, 0.25) is 0 Å². The quantitative estimate of drug-likeness (QED) is 0.222. The number of benzene rings is 3. The van der Waals surface area contributed by atoms with Crippen molar-refractivity contribution in [2.24, 2.45) is 0 Å². The van der Waals surface area contributed by atoms with Gasteiger partial charge in [0.15, 0.2) is 5.13 Å². The zero-order valence-electron chi connectivity index (χ0n) is 17.3. The Morgan fingerprint density at radius 3 is 2.58 bits per heavy atom. The molecule has 1 aromatic heterocycles. The van der Waals surface area contributed by atoms with Crippen molar-refractivity contribution in [2.75, 3.05) is 4.90 Å². The lowest BCUT2D eigenvalue weighted by Gasteiger charge is -2.23. The van der Waals surface area contributed by atoms with E-state index in [0.29, 0.717) is 21.2 Å². The van der Waals surface area contributed by atoms with Gasteiger partial charge in [-0.05, 0) is 66.6 Å². The van der Waals surface area contributed by atoms with Crippen molar-refractivity contribution in [3.8, 4) is 0 Å². The highest BCUT2D eigenvalue weighted by atomic mass is 35.5. The van der Waals surface area contributed by atoms with Crippen LogP contribution in [0.5, 0.6) is 0 Å². The molecule has 1 saturated heterocycles. The van der Waals surface area contributed by atoms with Crippen LogP contribution in [-0.2, 0) is 9.59 Å². The molecule has 1 amide bonds. The molecule has 1 unspecified atom stereocenters. The van der Waals surface area contributed by atoms with Crippen LogP contribution in [0.3, 0.4) is 0 Å². The lowest BCUT2D eigenvalue weighted by molar-refractivity contribution is -0.132. The Hall–Kier alpha value is -3.55. The molecule has 0 bridgehead atoms. The van der Waals surface area contributed by atoms with Crippen LogP contribution in [0.1, 0.15) is 22.7 Å². The van der Waals surface area contributed by atoms with Crippen molar-refractivity contribution in [1.29, 1.82) is 0 Å². The number of hydrogen-bond acceptors (Lipinski definition) is 5. The van der Waals surface area contributed by atoms with Crippen molar-refractivity contribution in [2.45, 2.75) is 13.0 Å². The number of halogens is 2. The average Bonchev–Trinajstić information content (AvgIpc) is 3.32. The first-order valence-electron chi connectivity index (χ1n) is 10.0. The maximum Gasteiger partial charge on any atom is 0.301 e. The largest absolute Gasteiger partial charge is 0.507 e. The number of hydrogen-bond donors (Lipinski definition) is 1. The average molecular weight is 479 g/mol. The minimum atomic E-state index is -0.949. The molecular weight excluding hydrogens is 463 g/mol. The van der Waals surface area contributed by atoms with E-state index in [9.17, 15) is 19.1 Å². The number of anilines is 1. The van der Waals surface area contributed by atoms with Crippen LogP contribution in [0.25, 0.3) is 16.0 Å². The number of Topliss-reactive ketones (excluding diaryl/α,β-unsaturated/α-hetero) is 1. The van der Waals surface area contributed by atoms with Crippen molar-refractivity contribution in [1.82, 2.24) is 4.98 Å². The number of carbonyl (C=O) groups is 2. The number of aryl methyl sites for hydroxylation is 1. The monoisotopic (exact) mass is 478 g/mol. The highest BCUT2D eigenvalue weighted by Crippen LogP contribution is 2.44. The number of thiazole rings is 1. The first-order chi connectivity index (χ1) is 15.8. The lowest BCUT2D eigenvalue weighted by Crippen LogP contribution is -2.29. The number of nitrogens with zero attached hydrogens (tertiary/aromatic N) is 2. The molecular formula is C25H16ClFN2O3S. The molecule has 1 atom stereocenters. The summed E-state index contributed by atoms with van der Waals surface area (Å²) in [6, 6.07) is 16.6. The highest BCUT2D eigenvalue weighted by molar-refractivity contribution is 7.22. The van der Waals surface area contributed by atoms with Crippen LogP contribution in [-0.4, -0.2) is 21.8 Å². The van der Waals surface area contributed by atoms with Crippen molar-refractivity contribution in [3.05, 3.63) is 99.8 Å². The van der Waals surface area contributed by atoms with E-state index in [-0.39, 0.29) is 11.1 Å². The zero-order chi connectivity index (χ0) is 23.3. The molecule has 0 spiro atoms. The number of ketones is 1. The summed E-state index contributed by atoms with van der Waals surface area (Å²) in [5, 5.41) is 11.8. The van der Waals surface area contributed by atoms with Gasteiger partial charge in [0.25, 0.3) is 5.78 Å². The van der Waals surface area contributed by atoms with Crippen molar-refractivity contribution < 1.29 is 19.1 Å². The normalized spacial score (nSPS) is 17.8. The zero-order valence-corrected chi connectivity index (χ0v) is 18.8. The van der Waals surface area contributed by atoms with Gasteiger partial charge < -0.3 is 5.11 Å². The van der Waals surface area contributed by atoms with E-state index < -0.39 is 29.3 Å². The van der Waals surface area contributed by atoms with Crippen molar-refractivity contribution >= 4 is 55.7 Å². The molecule has 1 aliphatic heterocycles. The third kappa shape index (κ3) is 3.69. The number of aromatic nitrogens is 1. The van der Waals surface area contributed by atoms with Gasteiger partial charge in [0.1, 0.15) is 11.6 Å². The Morgan fingerprint density at radius 1 is 1.09 bits per heavy atom. The first-order valence-corrected chi connectivity index (χ1v) is 11.2. The van der Waals surface area contributed by atoms with E-state index in [1.807, 2.05) is 25.1 Å². The van der Waals surface area contributed by atoms with Crippen LogP contribution < -0.4 is 4.90 Å². The van der Waals surface area contributed by atoms with Crippen LogP contribution >= 0.6 is 22.9 Å². The van der Waals surface area contributed by atoms with E-state index >= 15 is 0 Å². The van der Waals surface area contributed by atoms with E-state index in [2.05, 4.69) is 4.98 Å². The van der Waals surface area contributed by atoms with Gasteiger partial charge in [-0.2, -0.15) is 0 Å². The van der Waals surface area contributed by atoms with Crippen LogP contribution in [0.15, 0.2) is 72.3 Å². The second-order valence-corrected chi connectivity index (χ2v) is 9.14. The third-order valence-electron chi connectivity index (χ3n) is 5.47. The molecule has 4 aromatic rings. The number of carbonyl (C=O) groups excluding carboxylic acids is 2. The number of aliphatic hydroxyl groups excluding tert-OH is 1. The third-order valence-corrected chi connectivity index (χ3v) is 6.72. The van der Waals surface area contributed by atoms with Gasteiger partial charge >= 0.3 is 5.91 Å². The Labute approximate surface area is 197 Å². The predicted octanol–water partition coefficient (Wildman–Crippen LogP) is 6.02. The molecule has 2 heterocycles. The Bertz CT molecular complexity index is 1460. The van der Waals surface area contributed by atoms with Crippen LogP contribution in [0.4, 0.5) is 9.52 Å². The van der Waals surface area contributed by atoms with Gasteiger partial charge in [0.05, 0.1) is 21.8 Å². The van der Waals surface area contributed by atoms with Gasteiger partial charge in [-0.25, -0.2) is 9.37 Å². The number of fused-ring (bicyclic) bond motifs is 1. The number of aliphatic hydroxyl groups is 1. The second-order valence-electron chi connectivity index (χ2n) is 7.70. The van der Waals surface area contributed by atoms with Gasteiger partial charge in [-0.15, -0.1) is 0 Å². The number of amides is 1. The fourth-order valence-electron chi connectivity index (χ4n) is 3.91. The number of rotatable bonds is 3. The van der Waals surface area contributed by atoms with Gasteiger partial charge in [0, 0.05) is 10.6 Å². The maximum absolute atomic E-state index is 13.4. The van der Waals surface area contributed by atoms with Gasteiger partial charge in [-0.1, -0.05) is 41.1 Å². The summed E-state index contributed by atoms with van der Waals surface area (Å²) in [6.45, 7) is 1.96. The Balaban J connectivity index is 1.74.